The summed E-state index contributed by atoms with van der Waals surface area (Å²) in [6.45, 7) is 8.87. The summed E-state index contributed by atoms with van der Waals surface area (Å²) in [4.78, 5) is 2.33. The monoisotopic (exact) mass is 256 g/mol. The van der Waals surface area contributed by atoms with E-state index in [9.17, 15) is 0 Å². The number of nitrogens with zero attached hydrogens (tertiary/aromatic N) is 1. The molecule has 1 rings (SSSR count). The SMILES string of the molecule is CCNC(CCCC1CCCO1)C(C)(C)N(C)C. The highest BCUT2D eigenvalue weighted by molar-refractivity contribution is 4.91. The first-order valence-corrected chi connectivity index (χ1v) is 7.51. The summed E-state index contributed by atoms with van der Waals surface area (Å²) >= 11 is 0. The molecular formula is C15H32N2O. The lowest BCUT2D eigenvalue weighted by Crippen LogP contribution is -2.55. The van der Waals surface area contributed by atoms with Crippen LogP contribution in [-0.2, 0) is 4.74 Å². The Kier molecular flexibility index (Phi) is 6.61. The number of hydrogen-bond acceptors (Lipinski definition) is 3. The normalized spacial score (nSPS) is 22.7. The Morgan fingerprint density at radius 2 is 2.11 bits per heavy atom. The van der Waals surface area contributed by atoms with Gasteiger partial charge in [-0.25, -0.2) is 0 Å². The van der Waals surface area contributed by atoms with E-state index in [0.717, 1.165) is 13.2 Å². The third kappa shape index (κ3) is 4.52. The molecule has 1 heterocycles. The van der Waals surface area contributed by atoms with Crippen molar-refractivity contribution in [2.24, 2.45) is 0 Å². The maximum Gasteiger partial charge on any atom is 0.0576 e. The molecule has 1 fully saturated rings. The molecule has 0 saturated carbocycles. The minimum absolute atomic E-state index is 0.201. The Morgan fingerprint density at radius 1 is 1.39 bits per heavy atom. The van der Waals surface area contributed by atoms with Gasteiger partial charge in [-0.15, -0.1) is 0 Å². The van der Waals surface area contributed by atoms with Crippen molar-refractivity contribution in [3.63, 3.8) is 0 Å². The predicted octanol–water partition coefficient (Wildman–Crippen LogP) is 2.65. The zero-order valence-corrected chi connectivity index (χ0v) is 13.0. The Bertz CT molecular complexity index is 223. The van der Waals surface area contributed by atoms with Crippen molar-refractivity contribution in [1.29, 1.82) is 0 Å². The molecule has 3 heteroatoms. The van der Waals surface area contributed by atoms with Gasteiger partial charge >= 0.3 is 0 Å². The molecule has 108 valence electrons. The van der Waals surface area contributed by atoms with Gasteiger partial charge in [-0.1, -0.05) is 6.92 Å². The van der Waals surface area contributed by atoms with E-state index in [0.29, 0.717) is 12.1 Å². The van der Waals surface area contributed by atoms with Crippen LogP contribution in [0.1, 0.15) is 52.9 Å². The summed E-state index contributed by atoms with van der Waals surface area (Å²) in [6.07, 6.45) is 6.78. The molecule has 18 heavy (non-hydrogen) atoms. The minimum atomic E-state index is 0.201. The van der Waals surface area contributed by atoms with Gasteiger partial charge in [0.25, 0.3) is 0 Å². The molecule has 1 N–H and O–H groups in total. The maximum absolute atomic E-state index is 5.70. The van der Waals surface area contributed by atoms with Crippen LogP contribution in [0.15, 0.2) is 0 Å². The molecule has 1 saturated heterocycles. The van der Waals surface area contributed by atoms with Crippen LogP contribution < -0.4 is 5.32 Å². The van der Waals surface area contributed by atoms with Crippen LogP contribution in [0.4, 0.5) is 0 Å². The number of ether oxygens (including phenoxy) is 1. The maximum atomic E-state index is 5.70. The van der Waals surface area contributed by atoms with Crippen molar-refractivity contribution in [2.75, 3.05) is 27.2 Å². The number of rotatable bonds is 8. The lowest BCUT2D eigenvalue weighted by Gasteiger charge is -2.41. The largest absolute Gasteiger partial charge is 0.378 e. The summed E-state index contributed by atoms with van der Waals surface area (Å²) in [5, 5.41) is 3.65. The third-order valence-corrected chi connectivity index (χ3v) is 4.50. The number of likely N-dealkylation sites (N-methyl/N-ethyl adjacent to an activating group) is 2. The first-order chi connectivity index (χ1) is 8.48. The highest BCUT2D eigenvalue weighted by atomic mass is 16.5. The van der Waals surface area contributed by atoms with E-state index < -0.39 is 0 Å². The summed E-state index contributed by atoms with van der Waals surface area (Å²) < 4.78 is 5.70. The molecule has 0 aromatic carbocycles. The van der Waals surface area contributed by atoms with Gasteiger partial charge in [0.2, 0.25) is 0 Å². The molecule has 1 aliphatic rings. The Hall–Kier alpha value is -0.120. The topological polar surface area (TPSA) is 24.5 Å². The summed E-state index contributed by atoms with van der Waals surface area (Å²) in [6, 6.07) is 0.555. The van der Waals surface area contributed by atoms with Crippen LogP contribution in [0.25, 0.3) is 0 Å². The molecule has 2 unspecified atom stereocenters. The van der Waals surface area contributed by atoms with Crippen LogP contribution in [0.2, 0.25) is 0 Å². The average Bonchev–Trinajstić information content (AvgIpc) is 2.80. The van der Waals surface area contributed by atoms with Gasteiger partial charge in [-0.05, 0) is 66.6 Å². The molecular weight excluding hydrogens is 224 g/mol. The second kappa shape index (κ2) is 7.46. The van der Waals surface area contributed by atoms with Crippen molar-refractivity contribution < 1.29 is 4.74 Å². The fourth-order valence-corrected chi connectivity index (χ4v) is 2.68. The summed E-state index contributed by atoms with van der Waals surface area (Å²) in [5.74, 6) is 0. The smallest absolute Gasteiger partial charge is 0.0576 e. The van der Waals surface area contributed by atoms with Crippen LogP contribution in [0.5, 0.6) is 0 Å². The first-order valence-electron chi connectivity index (χ1n) is 7.51. The summed E-state index contributed by atoms with van der Waals surface area (Å²) in [5.41, 5.74) is 0.201. The van der Waals surface area contributed by atoms with Gasteiger partial charge in [0.05, 0.1) is 6.10 Å². The van der Waals surface area contributed by atoms with Gasteiger partial charge in [0, 0.05) is 18.2 Å². The molecule has 3 nitrogen and oxygen atoms in total. The van der Waals surface area contributed by atoms with Crippen molar-refractivity contribution in [1.82, 2.24) is 10.2 Å². The van der Waals surface area contributed by atoms with Gasteiger partial charge in [0.15, 0.2) is 0 Å². The van der Waals surface area contributed by atoms with E-state index in [1.807, 2.05) is 0 Å². The molecule has 0 radical (unpaired) electrons. The van der Waals surface area contributed by atoms with E-state index in [4.69, 9.17) is 4.74 Å². The Labute approximate surface area is 113 Å². The van der Waals surface area contributed by atoms with Crippen LogP contribution in [0, 0.1) is 0 Å². The fourth-order valence-electron chi connectivity index (χ4n) is 2.68. The van der Waals surface area contributed by atoms with Gasteiger partial charge in [-0.2, -0.15) is 0 Å². The Morgan fingerprint density at radius 3 is 2.61 bits per heavy atom. The van der Waals surface area contributed by atoms with Crippen LogP contribution in [-0.4, -0.2) is 49.8 Å². The molecule has 0 aromatic rings. The van der Waals surface area contributed by atoms with Crippen LogP contribution in [0.3, 0.4) is 0 Å². The second-order valence-corrected chi connectivity index (χ2v) is 6.22. The lowest BCUT2D eigenvalue weighted by molar-refractivity contribution is 0.0942. The lowest BCUT2D eigenvalue weighted by atomic mass is 9.88. The first kappa shape index (κ1) is 15.9. The zero-order valence-electron chi connectivity index (χ0n) is 13.0. The molecule has 1 aliphatic heterocycles. The van der Waals surface area contributed by atoms with Gasteiger partial charge in [0.1, 0.15) is 0 Å². The summed E-state index contributed by atoms with van der Waals surface area (Å²) in [7, 11) is 4.34. The Balaban J connectivity index is 2.37. The van der Waals surface area contributed by atoms with Crippen molar-refractivity contribution >= 4 is 0 Å². The van der Waals surface area contributed by atoms with E-state index in [2.05, 4.69) is 45.1 Å². The fraction of sp³-hybridized carbons (Fsp3) is 1.00. The molecule has 0 aliphatic carbocycles. The quantitative estimate of drug-likeness (QED) is 0.722. The minimum Gasteiger partial charge on any atom is -0.378 e. The number of nitrogens with one attached hydrogen (secondary N) is 1. The van der Waals surface area contributed by atoms with Gasteiger partial charge < -0.3 is 15.0 Å². The van der Waals surface area contributed by atoms with Gasteiger partial charge in [-0.3, -0.25) is 0 Å². The van der Waals surface area contributed by atoms with E-state index in [1.54, 1.807) is 0 Å². The average molecular weight is 256 g/mol. The van der Waals surface area contributed by atoms with Crippen molar-refractivity contribution in [2.45, 2.75) is 70.6 Å². The number of hydrogen-bond donors (Lipinski definition) is 1. The third-order valence-electron chi connectivity index (χ3n) is 4.50. The zero-order chi connectivity index (χ0) is 13.6. The molecule has 0 amide bonds. The predicted molar refractivity (Wildman–Crippen MR) is 78.1 cm³/mol. The molecule has 0 bridgehead atoms. The van der Waals surface area contributed by atoms with E-state index in [1.165, 1.54) is 32.1 Å². The van der Waals surface area contributed by atoms with Crippen molar-refractivity contribution in [3.8, 4) is 0 Å². The second-order valence-electron chi connectivity index (χ2n) is 6.22. The van der Waals surface area contributed by atoms with E-state index in [-0.39, 0.29) is 5.54 Å². The molecule has 0 aromatic heterocycles. The highest BCUT2D eigenvalue weighted by Crippen LogP contribution is 2.23. The van der Waals surface area contributed by atoms with E-state index >= 15 is 0 Å². The van der Waals surface area contributed by atoms with Crippen molar-refractivity contribution in [3.05, 3.63) is 0 Å². The molecule has 2 atom stereocenters. The standard InChI is InChI=1S/C15H32N2O/c1-6-16-14(15(2,3)17(4)5)11-7-9-13-10-8-12-18-13/h13-14,16H,6-12H2,1-5H3. The molecule has 0 spiro atoms. The highest BCUT2D eigenvalue weighted by Gasteiger charge is 2.30. The van der Waals surface area contributed by atoms with Crippen LogP contribution >= 0.6 is 0 Å².